The van der Waals surface area contributed by atoms with E-state index in [2.05, 4.69) is 22.0 Å². The van der Waals surface area contributed by atoms with Crippen molar-refractivity contribution in [2.24, 2.45) is 16.6 Å². The molecular weight excluding hydrogens is 448 g/mol. The summed E-state index contributed by atoms with van der Waals surface area (Å²) in [6, 6.07) is 2.61. The van der Waals surface area contributed by atoms with E-state index in [9.17, 15) is 13.6 Å². The second-order valence-corrected chi connectivity index (χ2v) is 9.62. The van der Waals surface area contributed by atoms with Crippen LogP contribution >= 0.6 is 23.5 Å². The van der Waals surface area contributed by atoms with Gasteiger partial charge in [-0.2, -0.15) is 8.78 Å². The monoisotopic (exact) mass is 471 g/mol. The molecule has 168 valence electrons. The number of halogens is 2. The van der Waals surface area contributed by atoms with Gasteiger partial charge in [-0.1, -0.05) is 11.8 Å². The molecule has 31 heavy (non-hydrogen) atoms. The van der Waals surface area contributed by atoms with Crippen molar-refractivity contribution in [3.63, 3.8) is 0 Å². The number of hydrogen-bond acceptors (Lipinski definition) is 9. The topological polar surface area (TPSA) is 102 Å². The maximum absolute atomic E-state index is 12.6. The van der Waals surface area contributed by atoms with Gasteiger partial charge in [-0.25, -0.2) is 4.98 Å². The molecule has 1 amide bonds. The highest BCUT2D eigenvalue weighted by Gasteiger charge is 2.54. The van der Waals surface area contributed by atoms with Crippen LogP contribution < -0.4 is 15.8 Å². The van der Waals surface area contributed by atoms with E-state index in [1.807, 2.05) is 17.4 Å². The fraction of sp³-hybridized carbons (Fsp3) is 0.526. The number of rotatable bonds is 5. The van der Waals surface area contributed by atoms with E-state index < -0.39 is 18.1 Å². The summed E-state index contributed by atoms with van der Waals surface area (Å²) >= 11 is 3.13. The molecule has 8 nitrogen and oxygen atoms in total. The highest BCUT2D eigenvalue weighted by molar-refractivity contribution is 8.13. The van der Waals surface area contributed by atoms with Crippen molar-refractivity contribution in [1.29, 1.82) is 0 Å². The Morgan fingerprint density at radius 3 is 3.00 bits per heavy atom. The number of nitrogens with zero attached hydrogens (tertiary/aromatic N) is 3. The molecule has 0 radical (unpaired) electrons. The van der Waals surface area contributed by atoms with Gasteiger partial charge in [0, 0.05) is 24.1 Å². The maximum Gasteiger partial charge on any atom is 0.387 e. The van der Waals surface area contributed by atoms with Gasteiger partial charge in [0.25, 0.3) is 5.91 Å². The first-order valence-corrected chi connectivity index (χ1v) is 11.6. The number of hydrogen-bond donors (Lipinski definition) is 2. The highest BCUT2D eigenvalue weighted by Crippen LogP contribution is 2.48. The molecule has 0 aromatic carbocycles. The van der Waals surface area contributed by atoms with E-state index >= 15 is 0 Å². The van der Waals surface area contributed by atoms with E-state index in [1.165, 1.54) is 12.1 Å². The van der Waals surface area contributed by atoms with Crippen LogP contribution in [0.5, 0.6) is 5.75 Å². The van der Waals surface area contributed by atoms with Gasteiger partial charge in [-0.15, -0.1) is 11.8 Å². The molecule has 4 rings (SSSR count). The number of likely N-dealkylation sites (N-methyl/N-ethyl adjacent to an activating group) is 1. The van der Waals surface area contributed by atoms with Crippen LogP contribution in [0.1, 0.15) is 23.8 Å². The summed E-state index contributed by atoms with van der Waals surface area (Å²) in [5.41, 5.74) is 5.67. The third-order valence-corrected chi connectivity index (χ3v) is 7.87. The fourth-order valence-electron chi connectivity index (χ4n) is 4.02. The molecule has 4 heterocycles. The second-order valence-electron chi connectivity index (χ2n) is 7.62. The van der Waals surface area contributed by atoms with Crippen molar-refractivity contribution >= 4 is 34.6 Å². The summed E-state index contributed by atoms with van der Waals surface area (Å²) in [4.78, 5) is 23.3. The Morgan fingerprint density at radius 2 is 2.29 bits per heavy atom. The highest BCUT2D eigenvalue weighted by atomic mass is 32.2. The van der Waals surface area contributed by atoms with Crippen molar-refractivity contribution in [2.75, 3.05) is 19.4 Å². The first-order chi connectivity index (χ1) is 14.8. The van der Waals surface area contributed by atoms with Crippen LogP contribution in [0.4, 0.5) is 8.78 Å². The van der Waals surface area contributed by atoms with Gasteiger partial charge < -0.3 is 25.4 Å². The van der Waals surface area contributed by atoms with Gasteiger partial charge in [-0.3, -0.25) is 9.79 Å². The minimum Gasteiger partial charge on any atom is -0.433 e. The van der Waals surface area contributed by atoms with Crippen molar-refractivity contribution in [3.05, 3.63) is 35.3 Å². The average molecular weight is 472 g/mol. The molecule has 3 N–H and O–H groups in total. The Hall–Kier alpha value is -2.05. The van der Waals surface area contributed by atoms with E-state index in [-0.39, 0.29) is 22.9 Å². The molecule has 1 unspecified atom stereocenters. The molecule has 0 bridgehead atoms. The third-order valence-electron chi connectivity index (χ3n) is 5.58. The summed E-state index contributed by atoms with van der Waals surface area (Å²) in [7, 11) is 1.89. The van der Waals surface area contributed by atoms with E-state index in [0.717, 1.165) is 18.4 Å². The quantitative estimate of drug-likeness (QED) is 0.675. The van der Waals surface area contributed by atoms with Gasteiger partial charge in [0.2, 0.25) is 0 Å². The van der Waals surface area contributed by atoms with E-state index in [0.29, 0.717) is 23.5 Å². The molecule has 12 heteroatoms. The number of carbonyl (C=O) groups excluding carboxylic acids is 1. The molecule has 0 aliphatic carbocycles. The van der Waals surface area contributed by atoms with Crippen LogP contribution in [-0.4, -0.2) is 64.0 Å². The zero-order valence-corrected chi connectivity index (χ0v) is 18.6. The van der Waals surface area contributed by atoms with Gasteiger partial charge >= 0.3 is 6.61 Å². The Morgan fingerprint density at radius 1 is 1.48 bits per heavy atom. The van der Waals surface area contributed by atoms with E-state index in [1.54, 1.807) is 23.5 Å². The number of carbonyl (C=O) groups is 1. The van der Waals surface area contributed by atoms with Crippen molar-refractivity contribution in [3.8, 4) is 5.75 Å². The smallest absolute Gasteiger partial charge is 0.387 e. The molecule has 0 saturated carbocycles. The molecule has 3 aliphatic rings. The van der Waals surface area contributed by atoms with Gasteiger partial charge in [-0.05, 0) is 25.5 Å². The minimum absolute atomic E-state index is 0.0884. The van der Waals surface area contributed by atoms with Gasteiger partial charge in [0.05, 0.1) is 18.9 Å². The standard InChI is InChI=1S/C19H23F2N5O3S2/c1-10-5-11-7-31-18(22)25-19(11,9-28-10)16-26(2)14(8-30-16)24-15(27)13-4-3-12(6-23-13)29-17(20)21/h3-4,6,8,10-11,16-17H,5,7,9H2,1-2H3,(H2,22,25)(H,24,27)/t10-,11-,16?,19-/m0/s1. The summed E-state index contributed by atoms with van der Waals surface area (Å²) < 4.78 is 34.8. The lowest BCUT2D eigenvalue weighted by Gasteiger charge is -2.50. The number of amides is 1. The lowest BCUT2D eigenvalue weighted by Crippen LogP contribution is -2.61. The number of amidine groups is 1. The third kappa shape index (κ3) is 4.46. The molecule has 4 atom stereocenters. The summed E-state index contributed by atoms with van der Waals surface area (Å²) in [6.45, 7) is -0.418. The number of aliphatic imine (C=N–C) groups is 1. The molecular formula is C19H23F2N5O3S2. The minimum atomic E-state index is -2.95. The number of pyridine rings is 1. The molecule has 1 saturated heterocycles. The first kappa shape index (κ1) is 22.2. The Balaban J connectivity index is 1.46. The Bertz CT molecular complexity index is 901. The van der Waals surface area contributed by atoms with Crippen LogP contribution in [0.15, 0.2) is 34.6 Å². The van der Waals surface area contributed by atoms with Crippen LogP contribution in [0.25, 0.3) is 0 Å². The SMILES string of the molecule is C[C@H]1C[C@H]2CSC(N)=N[C@@]2(C2SC=C(NC(=O)c3ccc(OC(F)F)cn3)N2C)CO1. The molecule has 1 fully saturated rings. The molecule has 1 aromatic heterocycles. The van der Waals surface area contributed by atoms with Crippen molar-refractivity contribution < 1.29 is 23.0 Å². The number of ether oxygens (including phenoxy) is 2. The van der Waals surface area contributed by atoms with Crippen LogP contribution in [0.3, 0.4) is 0 Å². The zero-order valence-electron chi connectivity index (χ0n) is 17.0. The lowest BCUT2D eigenvalue weighted by atomic mass is 9.79. The van der Waals surface area contributed by atoms with Crippen molar-refractivity contribution in [2.45, 2.75) is 37.0 Å². The molecule has 1 aromatic rings. The summed E-state index contributed by atoms with van der Waals surface area (Å²) in [6.07, 6.45) is 2.15. The fourth-order valence-corrected chi connectivity index (χ4v) is 6.38. The number of nitrogens with one attached hydrogen (secondary N) is 1. The number of alkyl halides is 2. The normalized spacial score (nSPS) is 30.5. The predicted molar refractivity (Wildman–Crippen MR) is 116 cm³/mol. The van der Waals surface area contributed by atoms with Gasteiger partial charge in [0.1, 0.15) is 28.2 Å². The Labute approximate surface area is 187 Å². The average Bonchev–Trinajstić information content (AvgIpc) is 3.09. The van der Waals surface area contributed by atoms with Crippen LogP contribution in [-0.2, 0) is 4.74 Å². The number of fused-ring (bicyclic) bond motifs is 1. The first-order valence-electron chi connectivity index (χ1n) is 9.69. The lowest BCUT2D eigenvalue weighted by molar-refractivity contribution is -0.0552. The number of aromatic nitrogens is 1. The van der Waals surface area contributed by atoms with Crippen molar-refractivity contribution in [1.82, 2.24) is 15.2 Å². The maximum atomic E-state index is 12.6. The summed E-state index contributed by atoms with van der Waals surface area (Å²) in [5, 5.41) is 5.17. The second kappa shape index (κ2) is 8.83. The van der Waals surface area contributed by atoms with Gasteiger partial charge in [0.15, 0.2) is 5.17 Å². The number of thioether (sulfide) groups is 2. The molecule has 0 spiro atoms. The molecule has 3 aliphatic heterocycles. The van der Waals surface area contributed by atoms with Crippen LogP contribution in [0.2, 0.25) is 0 Å². The van der Waals surface area contributed by atoms with Crippen LogP contribution in [0, 0.1) is 5.92 Å². The predicted octanol–water partition coefficient (Wildman–Crippen LogP) is 2.44. The summed E-state index contributed by atoms with van der Waals surface area (Å²) in [5.74, 6) is 1.23. The zero-order chi connectivity index (χ0) is 22.2. The van der Waals surface area contributed by atoms with E-state index in [4.69, 9.17) is 15.5 Å². The largest absolute Gasteiger partial charge is 0.433 e. The number of nitrogens with two attached hydrogens (primary N) is 1. The Kier molecular flexibility index (Phi) is 6.31.